The second kappa shape index (κ2) is 10.9. The van der Waals surface area contributed by atoms with Crippen molar-refractivity contribution in [3.63, 3.8) is 0 Å². The maximum Gasteiger partial charge on any atom is 0.259 e. The molecule has 38 heavy (non-hydrogen) atoms. The number of nitrogens with zero attached hydrogens (tertiary/aromatic N) is 5. The van der Waals surface area contributed by atoms with E-state index >= 15 is 0 Å². The molecule has 0 spiro atoms. The number of aryl methyl sites for hydroxylation is 1. The highest BCUT2D eigenvalue weighted by atomic mass is 19.1. The number of pyridine rings is 2. The fourth-order valence-corrected chi connectivity index (χ4v) is 4.18. The van der Waals surface area contributed by atoms with Gasteiger partial charge in [0.2, 0.25) is 0 Å². The van der Waals surface area contributed by atoms with Gasteiger partial charge in [-0.25, -0.2) is 9.37 Å². The van der Waals surface area contributed by atoms with Gasteiger partial charge in [-0.1, -0.05) is 48.5 Å². The maximum absolute atomic E-state index is 14.8. The predicted octanol–water partition coefficient (Wildman–Crippen LogP) is 5.30. The first-order chi connectivity index (χ1) is 18.6. The first-order valence-electron chi connectivity index (χ1n) is 12.2. The van der Waals surface area contributed by atoms with Crippen LogP contribution in [0, 0.1) is 17.1 Å². The first-order valence-corrected chi connectivity index (χ1v) is 12.2. The van der Waals surface area contributed by atoms with Gasteiger partial charge in [-0.2, -0.15) is 10.4 Å². The summed E-state index contributed by atoms with van der Waals surface area (Å²) >= 11 is 0. The van der Waals surface area contributed by atoms with Crippen molar-refractivity contribution in [1.29, 1.82) is 5.26 Å². The molecule has 3 aromatic heterocycles. The van der Waals surface area contributed by atoms with Crippen molar-refractivity contribution < 1.29 is 9.13 Å². The first kappa shape index (κ1) is 24.7. The Balaban J connectivity index is 1.63. The molecule has 0 unspecified atom stereocenters. The molecule has 8 heteroatoms. The number of hydrogen-bond acceptors (Lipinski definition) is 5. The summed E-state index contributed by atoms with van der Waals surface area (Å²) in [5, 5.41) is 14.4. The molecule has 5 rings (SSSR count). The Bertz CT molecular complexity index is 1690. The van der Waals surface area contributed by atoms with Crippen LogP contribution in [-0.4, -0.2) is 19.3 Å². The quantitative estimate of drug-likeness (QED) is 0.286. The second-order valence-corrected chi connectivity index (χ2v) is 8.66. The lowest BCUT2D eigenvalue weighted by Gasteiger charge is -2.15. The highest BCUT2D eigenvalue weighted by Crippen LogP contribution is 2.31. The van der Waals surface area contributed by atoms with E-state index in [9.17, 15) is 14.4 Å². The normalized spacial score (nSPS) is 10.8. The molecule has 0 N–H and O–H groups in total. The van der Waals surface area contributed by atoms with E-state index in [1.165, 1.54) is 16.7 Å². The molecule has 0 saturated heterocycles. The highest BCUT2D eigenvalue weighted by molar-refractivity contribution is 5.67. The Labute approximate surface area is 219 Å². The van der Waals surface area contributed by atoms with Crippen LogP contribution in [0.25, 0.3) is 17.1 Å². The van der Waals surface area contributed by atoms with Crippen LogP contribution in [0.4, 0.5) is 4.39 Å². The average molecular weight is 506 g/mol. The lowest BCUT2D eigenvalue weighted by molar-refractivity contribution is 0.305. The summed E-state index contributed by atoms with van der Waals surface area (Å²) in [6, 6.07) is 22.9. The van der Waals surface area contributed by atoms with Gasteiger partial charge >= 0.3 is 0 Å². The number of hydrogen-bond donors (Lipinski definition) is 0. The molecule has 0 aliphatic carbocycles. The molecule has 3 heterocycles. The van der Waals surface area contributed by atoms with Crippen LogP contribution in [0.3, 0.4) is 0 Å². The summed E-state index contributed by atoms with van der Waals surface area (Å²) in [7, 11) is 0. The molecular weight excluding hydrogens is 481 g/mol. The maximum atomic E-state index is 14.8. The summed E-state index contributed by atoms with van der Waals surface area (Å²) in [6.45, 7) is 2.90. The Morgan fingerprint density at radius 3 is 2.55 bits per heavy atom. The van der Waals surface area contributed by atoms with Crippen molar-refractivity contribution in [2.75, 3.05) is 0 Å². The fraction of sp³-hybridized carbons (Fsp3) is 0.133. The summed E-state index contributed by atoms with van der Waals surface area (Å²) in [5.41, 5.74) is 2.54. The Morgan fingerprint density at radius 1 is 1.03 bits per heavy atom. The van der Waals surface area contributed by atoms with E-state index in [0.717, 1.165) is 17.7 Å². The van der Waals surface area contributed by atoms with Crippen molar-refractivity contribution >= 4 is 0 Å². The number of aromatic nitrogens is 4. The van der Waals surface area contributed by atoms with Gasteiger partial charge in [0.15, 0.2) is 5.82 Å². The zero-order valence-corrected chi connectivity index (χ0v) is 20.7. The third kappa shape index (κ3) is 5.08. The molecule has 0 bridgehead atoms. The van der Waals surface area contributed by atoms with E-state index in [4.69, 9.17) is 4.74 Å². The van der Waals surface area contributed by atoms with Gasteiger partial charge in [-0.3, -0.25) is 14.0 Å². The molecule has 0 atom stereocenters. The van der Waals surface area contributed by atoms with Gasteiger partial charge in [0.1, 0.15) is 29.8 Å². The molecule has 5 aromatic rings. The molecule has 0 aliphatic heterocycles. The van der Waals surface area contributed by atoms with Gasteiger partial charge in [0.05, 0.1) is 11.9 Å². The standard InChI is InChI=1S/C30H24FN5O2/c1-2-35-19-22(18-33-35)15-23-11-8-14-36(30(23)37)29-25(17-32)28(38-20-21-9-4-3-5-10-21)16-27(34-29)24-12-6-7-13-26(24)31/h3-14,16,18-19H,2,15,20H2,1H3. The third-order valence-corrected chi connectivity index (χ3v) is 6.12. The van der Waals surface area contributed by atoms with Crippen molar-refractivity contribution in [2.45, 2.75) is 26.5 Å². The Kier molecular flexibility index (Phi) is 7.09. The highest BCUT2D eigenvalue weighted by Gasteiger charge is 2.20. The number of rotatable bonds is 8. The van der Waals surface area contributed by atoms with Crippen LogP contribution in [0.15, 0.2) is 96.2 Å². The molecule has 0 radical (unpaired) electrons. The minimum atomic E-state index is -0.473. The SMILES string of the molecule is CCn1cc(Cc2cccn(-c3nc(-c4ccccc4F)cc(OCc4ccccc4)c3C#N)c2=O)cn1. The number of nitriles is 1. The van der Waals surface area contributed by atoms with Crippen molar-refractivity contribution in [3.05, 3.63) is 130 Å². The summed E-state index contributed by atoms with van der Waals surface area (Å²) in [6.07, 6.45) is 5.54. The molecule has 0 saturated carbocycles. The minimum Gasteiger partial charge on any atom is -0.487 e. The molecule has 7 nitrogen and oxygen atoms in total. The van der Waals surface area contributed by atoms with Crippen molar-refractivity contribution in [1.82, 2.24) is 19.3 Å². The van der Waals surface area contributed by atoms with Crippen LogP contribution in [0.2, 0.25) is 0 Å². The zero-order valence-electron chi connectivity index (χ0n) is 20.7. The Morgan fingerprint density at radius 2 is 1.82 bits per heavy atom. The molecule has 0 fully saturated rings. The van der Waals surface area contributed by atoms with E-state index < -0.39 is 5.82 Å². The predicted molar refractivity (Wildman–Crippen MR) is 141 cm³/mol. The Hall–Kier alpha value is -5.03. The molecule has 2 aromatic carbocycles. The third-order valence-electron chi connectivity index (χ3n) is 6.12. The van der Waals surface area contributed by atoms with E-state index in [0.29, 0.717) is 12.0 Å². The monoisotopic (exact) mass is 505 g/mol. The van der Waals surface area contributed by atoms with E-state index in [1.807, 2.05) is 43.5 Å². The lowest BCUT2D eigenvalue weighted by atomic mass is 10.1. The van der Waals surface area contributed by atoms with Crippen molar-refractivity contribution in [3.8, 4) is 28.9 Å². The van der Waals surface area contributed by atoms with Gasteiger partial charge in [-0.05, 0) is 36.2 Å². The summed E-state index contributed by atoms with van der Waals surface area (Å²) < 4.78 is 23.9. The van der Waals surface area contributed by atoms with Gasteiger partial charge in [0.25, 0.3) is 5.56 Å². The number of benzene rings is 2. The lowest BCUT2D eigenvalue weighted by Crippen LogP contribution is -2.23. The van der Waals surface area contributed by atoms with E-state index in [1.54, 1.807) is 47.4 Å². The van der Waals surface area contributed by atoms with Gasteiger partial charge in [0, 0.05) is 42.6 Å². The topological polar surface area (TPSA) is 85.7 Å². The molecule has 188 valence electrons. The van der Waals surface area contributed by atoms with Crippen LogP contribution >= 0.6 is 0 Å². The van der Waals surface area contributed by atoms with Crippen LogP contribution < -0.4 is 10.3 Å². The zero-order chi connectivity index (χ0) is 26.5. The molecular formula is C30H24FN5O2. The van der Waals surface area contributed by atoms with Crippen molar-refractivity contribution in [2.24, 2.45) is 0 Å². The van der Waals surface area contributed by atoms with Crippen LogP contribution in [0.1, 0.15) is 29.2 Å². The van der Waals surface area contributed by atoms with Gasteiger partial charge in [-0.15, -0.1) is 0 Å². The van der Waals surface area contributed by atoms with E-state index in [2.05, 4.69) is 16.2 Å². The number of halogens is 1. The molecule has 0 amide bonds. The minimum absolute atomic E-state index is 0.0763. The van der Waals surface area contributed by atoms with E-state index in [-0.39, 0.29) is 40.6 Å². The van der Waals surface area contributed by atoms with Crippen LogP contribution in [-0.2, 0) is 19.6 Å². The fourth-order valence-electron chi connectivity index (χ4n) is 4.18. The molecule has 0 aliphatic rings. The smallest absolute Gasteiger partial charge is 0.259 e. The second-order valence-electron chi connectivity index (χ2n) is 8.66. The average Bonchev–Trinajstić information content (AvgIpc) is 3.41. The largest absolute Gasteiger partial charge is 0.487 e. The number of ether oxygens (including phenoxy) is 1. The van der Waals surface area contributed by atoms with Gasteiger partial charge < -0.3 is 4.74 Å². The van der Waals surface area contributed by atoms with Crippen LogP contribution in [0.5, 0.6) is 5.75 Å². The summed E-state index contributed by atoms with van der Waals surface area (Å²) in [4.78, 5) is 18.2. The summed E-state index contributed by atoms with van der Waals surface area (Å²) in [5.74, 6) is -0.188.